The number of hydrogen-bond acceptors (Lipinski definition) is 2. The molecule has 0 bridgehead atoms. The Hall–Kier alpha value is -0.440. The number of halogens is 1. The number of alkyl halides is 1. The van der Waals surface area contributed by atoms with Crippen LogP contribution in [0.15, 0.2) is 0 Å². The predicted octanol–water partition coefficient (Wildman–Crippen LogP) is 0.450. The summed E-state index contributed by atoms with van der Waals surface area (Å²) in [5, 5.41) is 7.03. The van der Waals surface area contributed by atoms with Crippen molar-refractivity contribution < 1.29 is 4.74 Å². The van der Waals surface area contributed by atoms with E-state index in [-0.39, 0.29) is 6.02 Å². The first kappa shape index (κ1) is 5.69. The van der Waals surface area contributed by atoms with Crippen LogP contribution in [0.4, 0.5) is 0 Å². The topological polar surface area (TPSA) is 36.3 Å². The van der Waals surface area contributed by atoms with Crippen molar-refractivity contribution in [2.75, 3.05) is 19.2 Å². The number of amidine groups is 1. The SMILES string of the molecule is N=C1OCCN1CCl. The first-order valence-electron chi connectivity index (χ1n) is 2.37. The minimum Gasteiger partial charge on any atom is -0.463 e. The highest BCUT2D eigenvalue weighted by atomic mass is 35.5. The quantitative estimate of drug-likeness (QED) is 0.418. The molecule has 1 aliphatic rings. The van der Waals surface area contributed by atoms with E-state index in [0.29, 0.717) is 12.6 Å². The fourth-order valence-corrected chi connectivity index (χ4v) is 0.787. The van der Waals surface area contributed by atoms with Gasteiger partial charge in [-0.05, 0) is 0 Å². The van der Waals surface area contributed by atoms with Crippen LogP contribution in [0.5, 0.6) is 0 Å². The normalized spacial score (nSPS) is 19.1. The van der Waals surface area contributed by atoms with E-state index in [4.69, 9.17) is 21.7 Å². The Bertz CT molecular complexity index is 106. The lowest BCUT2D eigenvalue weighted by Crippen LogP contribution is -2.22. The third kappa shape index (κ3) is 0.865. The fourth-order valence-electron chi connectivity index (χ4n) is 0.559. The summed E-state index contributed by atoms with van der Waals surface area (Å²) in [6.07, 6.45) is 0. The molecule has 1 fully saturated rings. The molecule has 0 aromatic carbocycles. The third-order valence-corrected chi connectivity index (χ3v) is 1.32. The number of nitrogens with zero attached hydrogens (tertiary/aromatic N) is 1. The van der Waals surface area contributed by atoms with Gasteiger partial charge in [-0.15, -0.1) is 11.6 Å². The zero-order chi connectivity index (χ0) is 5.98. The van der Waals surface area contributed by atoms with Crippen LogP contribution in [0.25, 0.3) is 0 Å². The molecule has 0 saturated carbocycles. The second-order valence-corrected chi connectivity index (χ2v) is 1.78. The number of nitrogens with one attached hydrogen (secondary N) is 1. The van der Waals surface area contributed by atoms with Crippen molar-refractivity contribution in [2.24, 2.45) is 0 Å². The molecule has 0 aromatic heterocycles. The van der Waals surface area contributed by atoms with Crippen molar-refractivity contribution in [1.29, 1.82) is 5.41 Å². The molecule has 46 valence electrons. The van der Waals surface area contributed by atoms with Gasteiger partial charge < -0.3 is 9.64 Å². The maximum atomic E-state index is 7.03. The van der Waals surface area contributed by atoms with E-state index in [1.54, 1.807) is 4.90 Å². The standard InChI is InChI=1S/C4H7ClN2O/c5-3-7-1-2-8-4(7)6/h6H,1-3H2. The Morgan fingerprint density at radius 2 is 2.62 bits per heavy atom. The summed E-state index contributed by atoms with van der Waals surface area (Å²) in [6.45, 7) is 1.36. The van der Waals surface area contributed by atoms with Crippen molar-refractivity contribution >= 4 is 17.6 Å². The molecule has 8 heavy (non-hydrogen) atoms. The van der Waals surface area contributed by atoms with Crippen LogP contribution in [0, 0.1) is 5.41 Å². The molecule has 1 N–H and O–H groups in total. The maximum absolute atomic E-state index is 7.03. The van der Waals surface area contributed by atoms with Crippen molar-refractivity contribution in [3.8, 4) is 0 Å². The minimum absolute atomic E-state index is 0.194. The van der Waals surface area contributed by atoms with Crippen molar-refractivity contribution in [3.05, 3.63) is 0 Å². The second kappa shape index (κ2) is 2.22. The average molecular weight is 135 g/mol. The predicted molar refractivity (Wildman–Crippen MR) is 31.1 cm³/mol. The monoisotopic (exact) mass is 134 g/mol. The highest BCUT2D eigenvalue weighted by Crippen LogP contribution is 2.01. The molecule has 0 aliphatic carbocycles. The summed E-state index contributed by atoms with van der Waals surface area (Å²) < 4.78 is 4.78. The Balaban J connectivity index is 2.42. The molecule has 0 unspecified atom stereocenters. The van der Waals surface area contributed by atoms with Gasteiger partial charge in [-0.2, -0.15) is 0 Å². The highest BCUT2D eigenvalue weighted by Gasteiger charge is 2.15. The molecule has 1 saturated heterocycles. The van der Waals surface area contributed by atoms with Gasteiger partial charge in [0, 0.05) is 0 Å². The molecule has 3 nitrogen and oxygen atoms in total. The van der Waals surface area contributed by atoms with Gasteiger partial charge in [0.25, 0.3) is 6.02 Å². The van der Waals surface area contributed by atoms with Crippen LogP contribution >= 0.6 is 11.6 Å². The van der Waals surface area contributed by atoms with Crippen molar-refractivity contribution in [2.45, 2.75) is 0 Å². The van der Waals surface area contributed by atoms with Gasteiger partial charge >= 0.3 is 0 Å². The highest BCUT2D eigenvalue weighted by molar-refractivity contribution is 6.18. The van der Waals surface area contributed by atoms with Crippen LogP contribution in [-0.2, 0) is 4.74 Å². The van der Waals surface area contributed by atoms with E-state index in [0.717, 1.165) is 6.54 Å². The molecular formula is C4H7ClN2O. The van der Waals surface area contributed by atoms with E-state index in [1.807, 2.05) is 0 Å². The Kier molecular flexibility index (Phi) is 1.58. The first-order valence-corrected chi connectivity index (χ1v) is 2.90. The number of ether oxygens (including phenoxy) is 1. The summed E-state index contributed by atoms with van der Waals surface area (Å²) in [6, 6.07) is 0.554. The molecule has 4 heteroatoms. The summed E-state index contributed by atoms with van der Waals surface area (Å²) in [4.78, 5) is 1.65. The van der Waals surface area contributed by atoms with Gasteiger partial charge in [0.1, 0.15) is 6.61 Å². The first-order chi connectivity index (χ1) is 3.84. The number of rotatable bonds is 1. The molecule has 0 atom stereocenters. The van der Waals surface area contributed by atoms with Crippen LogP contribution in [-0.4, -0.2) is 30.1 Å². The Morgan fingerprint density at radius 3 is 2.88 bits per heavy atom. The number of hydrogen-bond donors (Lipinski definition) is 1. The average Bonchev–Trinajstić information content (AvgIpc) is 2.14. The molecular weight excluding hydrogens is 128 g/mol. The van der Waals surface area contributed by atoms with Crippen LogP contribution in [0.1, 0.15) is 0 Å². The lowest BCUT2D eigenvalue weighted by Gasteiger charge is -2.07. The van der Waals surface area contributed by atoms with Gasteiger partial charge in [0.05, 0.1) is 12.5 Å². The van der Waals surface area contributed by atoms with Crippen molar-refractivity contribution in [1.82, 2.24) is 4.90 Å². The molecule has 1 aliphatic heterocycles. The molecule has 0 aromatic rings. The summed E-state index contributed by atoms with van der Waals surface area (Å²) in [7, 11) is 0. The van der Waals surface area contributed by atoms with Gasteiger partial charge in [-0.25, -0.2) is 0 Å². The van der Waals surface area contributed by atoms with E-state index >= 15 is 0 Å². The van der Waals surface area contributed by atoms with Crippen LogP contribution in [0.3, 0.4) is 0 Å². The smallest absolute Gasteiger partial charge is 0.285 e. The third-order valence-electron chi connectivity index (χ3n) is 1.03. The molecule has 0 spiro atoms. The van der Waals surface area contributed by atoms with Gasteiger partial charge in [-0.1, -0.05) is 0 Å². The van der Waals surface area contributed by atoms with E-state index in [2.05, 4.69) is 0 Å². The molecule has 0 radical (unpaired) electrons. The van der Waals surface area contributed by atoms with E-state index < -0.39 is 0 Å². The summed E-state index contributed by atoms with van der Waals surface area (Å²) >= 11 is 5.41. The summed E-state index contributed by atoms with van der Waals surface area (Å²) in [5.41, 5.74) is 0. The van der Waals surface area contributed by atoms with E-state index in [9.17, 15) is 0 Å². The van der Waals surface area contributed by atoms with Gasteiger partial charge in [0.15, 0.2) is 0 Å². The van der Waals surface area contributed by atoms with Crippen LogP contribution < -0.4 is 0 Å². The molecule has 1 rings (SSSR count). The van der Waals surface area contributed by atoms with Crippen molar-refractivity contribution in [3.63, 3.8) is 0 Å². The van der Waals surface area contributed by atoms with E-state index in [1.165, 1.54) is 0 Å². The van der Waals surface area contributed by atoms with Crippen LogP contribution in [0.2, 0.25) is 0 Å². The fraction of sp³-hybridized carbons (Fsp3) is 0.750. The lowest BCUT2D eigenvalue weighted by molar-refractivity contribution is 0.349. The molecule has 1 heterocycles. The zero-order valence-electron chi connectivity index (χ0n) is 4.35. The van der Waals surface area contributed by atoms with Gasteiger partial charge in [0.2, 0.25) is 0 Å². The minimum atomic E-state index is 0.194. The van der Waals surface area contributed by atoms with Gasteiger partial charge in [-0.3, -0.25) is 5.41 Å². The molecule has 0 amide bonds. The Labute approximate surface area is 52.7 Å². The largest absolute Gasteiger partial charge is 0.463 e. The second-order valence-electron chi connectivity index (χ2n) is 1.54. The lowest BCUT2D eigenvalue weighted by atomic mass is 10.7. The Morgan fingerprint density at radius 1 is 1.88 bits per heavy atom. The maximum Gasteiger partial charge on any atom is 0.285 e. The zero-order valence-corrected chi connectivity index (χ0v) is 5.11. The summed E-state index contributed by atoms with van der Waals surface area (Å²) in [5.74, 6) is 0.